The minimum atomic E-state index is 0.493. The third-order valence-corrected chi connectivity index (χ3v) is 1.49. The zero-order valence-electron chi connectivity index (χ0n) is 4.97. The zero-order chi connectivity index (χ0) is 6.69. The number of para-hydroxylation sites is 1. The van der Waals surface area contributed by atoms with Crippen molar-refractivity contribution in [3.63, 3.8) is 0 Å². The lowest BCUT2D eigenvalue weighted by Crippen LogP contribution is -1.89. The van der Waals surface area contributed by atoms with Crippen molar-refractivity contribution in [1.82, 2.24) is 0 Å². The van der Waals surface area contributed by atoms with Crippen molar-refractivity contribution in [3.05, 3.63) is 29.8 Å². The summed E-state index contributed by atoms with van der Waals surface area (Å²) in [7, 11) is 0. The Hall–Kier alpha value is -0.690. The van der Waals surface area contributed by atoms with E-state index in [4.69, 9.17) is 17.3 Å². The Morgan fingerprint density at radius 1 is 1.33 bits per heavy atom. The molecule has 2 N–H and O–H groups in total. The average molecular weight is 142 g/mol. The minimum absolute atomic E-state index is 0.493. The molecule has 2 heteroatoms. The number of hydrogen-bond donors (Lipinski definition) is 1. The summed E-state index contributed by atoms with van der Waals surface area (Å²) in [5.74, 6) is 0.493. The maximum absolute atomic E-state index is 5.55. The van der Waals surface area contributed by atoms with Crippen molar-refractivity contribution in [2.24, 2.45) is 0 Å². The molecule has 0 aromatic heterocycles. The van der Waals surface area contributed by atoms with Gasteiger partial charge in [-0.05, 0) is 11.6 Å². The molecule has 0 fully saturated rings. The van der Waals surface area contributed by atoms with Crippen molar-refractivity contribution in [2.45, 2.75) is 5.88 Å². The maximum Gasteiger partial charge on any atom is 0.0494 e. The third kappa shape index (κ3) is 1.36. The van der Waals surface area contributed by atoms with E-state index in [9.17, 15) is 0 Å². The first kappa shape index (κ1) is 6.43. The van der Waals surface area contributed by atoms with Gasteiger partial charge in [0, 0.05) is 11.6 Å². The van der Waals surface area contributed by atoms with Crippen LogP contribution in [-0.2, 0) is 5.88 Å². The number of rotatable bonds is 1. The number of anilines is 1. The van der Waals surface area contributed by atoms with Crippen LogP contribution in [0.3, 0.4) is 0 Å². The second kappa shape index (κ2) is 2.74. The first-order valence-corrected chi connectivity index (χ1v) is 3.27. The topological polar surface area (TPSA) is 26.0 Å². The Labute approximate surface area is 59.4 Å². The van der Waals surface area contributed by atoms with Gasteiger partial charge in [-0.25, -0.2) is 0 Å². The van der Waals surface area contributed by atoms with Crippen LogP contribution in [0.25, 0.3) is 0 Å². The lowest BCUT2D eigenvalue weighted by Gasteiger charge is -1.97. The molecule has 0 spiro atoms. The molecule has 0 atom stereocenters. The highest BCUT2D eigenvalue weighted by atomic mass is 35.5. The quantitative estimate of drug-likeness (QED) is 0.470. The molecule has 0 unspecified atom stereocenters. The molecule has 0 aliphatic carbocycles. The normalized spacial score (nSPS) is 9.44. The monoisotopic (exact) mass is 141 g/mol. The number of alkyl halides is 1. The second-order valence-electron chi connectivity index (χ2n) is 1.83. The fourth-order valence-corrected chi connectivity index (χ4v) is 0.899. The van der Waals surface area contributed by atoms with E-state index in [1.54, 1.807) is 0 Å². The van der Waals surface area contributed by atoms with E-state index >= 15 is 0 Å². The van der Waals surface area contributed by atoms with Crippen molar-refractivity contribution in [3.8, 4) is 0 Å². The van der Waals surface area contributed by atoms with E-state index in [-0.39, 0.29) is 0 Å². The highest BCUT2D eigenvalue weighted by Gasteiger charge is 1.91. The Kier molecular flexibility index (Phi) is 1.96. The highest BCUT2D eigenvalue weighted by molar-refractivity contribution is 6.17. The highest BCUT2D eigenvalue weighted by Crippen LogP contribution is 2.11. The molecular formula is C7H8ClN. The Morgan fingerprint density at radius 2 is 2.00 bits per heavy atom. The average Bonchev–Trinajstić information content (AvgIpc) is 1.89. The van der Waals surface area contributed by atoms with Gasteiger partial charge in [0.2, 0.25) is 0 Å². The van der Waals surface area contributed by atoms with E-state index < -0.39 is 0 Å². The second-order valence-corrected chi connectivity index (χ2v) is 2.10. The van der Waals surface area contributed by atoms with Crippen LogP contribution in [0.5, 0.6) is 0 Å². The zero-order valence-corrected chi connectivity index (χ0v) is 5.73. The molecule has 1 rings (SSSR count). The predicted octanol–water partition coefficient (Wildman–Crippen LogP) is 2.01. The summed E-state index contributed by atoms with van der Waals surface area (Å²) in [6.07, 6.45) is 0. The van der Waals surface area contributed by atoms with Crippen LogP contribution < -0.4 is 5.73 Å². The lowest BCUT2D eigenvalue weighted by molar-refractivity contribution is 1.41. The molecule has 0 radical (unpaired) electrons. The van der Waals surface area contributed by atoms with Gasteiger partial charge in [-0.1, -0.05) is 18.2 Å². The number of benzene rings is 1. The van der Waals surface area contributed by atoms with Crippen molar-refractivity contribution in [1.29, 1.82) is 0 Å². The number of halogens is 1. The van der Waals surface area contributed by atoms with Crippen molar-refractivity contribution in [2.75, 3.05) is 5.73 Å². The SMILES string of the molecule is Nc1ccccc1CCl. The molecule has 0 aliphatic heterocycles. The summed E-state index contributed by atoms with van der Waals surface area (Å²) in [5, 5.41) is 0. The van der Waals surface area contributed by atoms with Crippen LogP contribution in [-0.4, -0.2) is 0 Å². The fourth-order valence-electron chi connectivity index (χ4n) is 0.656. The summed E-state index contributed by atoms with van der Waals surface area (Å²) in [5.41, 5.74) is 7.32. The largest absolute Gasteiger partial charge is 0.398 e. The number of nitrogen functional groups attached to an aromatic ring is 1. The molecule has 0 saturated carbocycles. The Bertz CT molecular complexity index is 198. The van der Waals surface area contributed by atoms with E-state index in [0.29, 0.717) is 5.88 Å². The van der Waals surface area contributed by atoms with Gasteiger partial charge in [0.15, 0.2) is 0 Å². The third-order valence-electron chi connectivity index (χ3n) is 1.20. The van der Waals surface area contributed by atoms with E-state index in [1.165, 1.54) is 0 Å². The predicted molar refractivity (Wildman–Crippen MR) is 40.4 cm³/mol. The molecule has 0 amide bonds. The van der Waals surface area contributed by atoms with Crippen LogP contribution in [0.2, 0.25) is 0 Å². The molecule has 0 saturated heterocycles. The Morgan fingerprint density at radius 3 is 2.44 bits per heavy atom. The number of nitrogens with two attached hydrogens (primary N) is 1. The van der Waals surface area contributed by atoms with Crippen LogP contribution in [0.15, 0.2) is 24.3 Å². The van der Waals surface area contributed by atoms with E-state index in [1.807, 2.05) is 24.3 Å². The summed E-state index contributed by atoms with van der Waals surface area (Å²) in [6, 6.07) is 7.58. The fraction of sp³-hybridized carbons (Fsp3) is 0.143. The van der Waals surface area contributed by atoms with Gasteiger partial charge in [0.25, 0.3) is 0 Å². The van der Waals surface area contributed by atoms with Gasteiger partial charge in [-0.3, -0.25) is 0 Å². The molecule has 48 valence electrons. The van der Waals surface area contributed by atoms with Gasteiger partial charge in [-0.2, -0.15) is 0 Å². The summed E-state index contributed by atoms with van der Waals surface area (Å²) in [4.78, 5) is 0. The molecule has 1 aromatic carbocycles. The summed E-state index contributed by atoms with van der Waals surface area (Å²) < 4.78 is 0. The van der Waals surface area contributed by atoms with Crippen LogP contribution in [0, 0.1) is 0 Å². The molecular weight excluding hydrogens is 134 g/mol. The minimum Gasteiger partial charge on any atom is -0.398 e. The molecule has 1 nitrogen and oxygen atoms in total. The molecule has 0 heterocycles. The van der Waals surface area contributed by atoms with Crippen LogP contribution in [0.4, 0.5) is 5.69 Å². The van der Waals surface area contributed by atoms with E-state index in [0.717, 1.165) is 11.3 Å². The molecule has 1 aromatic rings. The number of hydrogen-bond acceptors (Lipinski definition) is 1. The summed E-state index contributed by atoms with van der Waals surface area (Å²) in [6.45, 7) is 0. The smallest absolute Gasteiger partial charge is 0.0494 e. The Balaban J connectivity index is 3.01. The standard InChI is InChI=1S/C7H8ClN/c8-5-6-3-1-2-4-7(6)9/h1-4H,5,9H2. The van der Waals surface area contributed by atoms with Crippen LogP contribution >= 0.6 is 11.6 Å². The van der Waals surface area contributed by atoms with Gasteiger partial charge >= 0.3 is 0 Å². The van der Waals surface area contributed by atoms with Gasteiger partial charge in [0.05, 0.1) is 0 Å². The molecule has 0 bridgehead atoms. The lowest BCUT2D eigenvalue weighted by atomic mass is 10.2. The molecule has 0 aliphatic rings. The van der Waals surface area contributed by atoms with Gasteiger partial charge < -0.3 is 5.73 Å². The molecule has 9 heavy (non-hydrogen) atoms. The summed E-state index contributed by atoms with van der Waals surface area (Å²) >= 11 is 5.55. The maximum atomic E-state index is 5.55. The van der Waals surface area contributed by atoms with Crippen LogP contribution in [0.1, 0.15) is 5.56 Å². The first-order valence-electron chi connectivity index (χ1n) is 2.74. The van der Waals surface area contributed by atoms with E-state index in [2.05, 4.69) is 0 Å². The van der Waals surface area contributed by atoms with Gasteiger partial charge in [0.1, 0.15) is 0 Å². The van der Waals surface area contributed by atoms with Gasteiger partial charge in [-0.15, -0.1) is 11.6 Å². The van der Waals surface area contributed by atoms with Crippen molar-refractivity contribution >= 4 is 17.3 Å². The van der Waals surface area contributed by atoms with Crippen molar-refractivity contribution < 1.29 is 0 Å². The first-order chi connectivity index (χ1) is 4.34.